The maximum absolute atomic E-state index is 12.6. The molecule has 1 aliphatic heterocycles. The van der Waals surface area contributed by atoms with Crippen LogP contribution in [0.4, 0.5) is 0 Å². The average molecular weight is 646 g/mol. The third kappa shape index (κ3) is 7.12. The molecule has 1 unspecified atom stereocenters. The summed E-state index contributed by atoms with van der Waals surface area (Å²) in [4.78, 5) is 12.6. The summed E-state index contributed by atoms with van der Waals surface area (Å²) in [5, 5.41) is 11.3. The fraction of sp³-hybridized carbons (Fsp3) is 0.200. The second kappa shape index (κ2) is 13.9. The lowest BCUT2D eigenvalue weighted by atomic mass is 9.83. The maximum atomic E-state index is 12.6. The van der Waals surface area contributed by atoms with E-state index in [0.717, 1.165) is 22.3 Å². The van der Waals surface area contributed by atoms with Crippen molar-refractivity contribution < 1.29 is 28.5 Å². The lowest BCUT2D eigenvalue weighted by molar-refractivity contribution is -0.136. The van der Waals surface area contributed by atoms with E-state index < -0.39 is 11.9 Å². The van der Waals surface area contributed by atoms with E-state index in [1.165, 1.54) is 0 Å². The number of fused-ring (bicyclic) bond motifs is 1. The number of allylic oxidation sites excluding steroid dienone is 1. The van der Waals surface area contributed by atoms with Gasteiger partial charge in [-0.2, -0.15) is 5.26 Å². The number of benzene rings is 4. The van der Waals surface area contributed by atoms with Crippen molar-refractivity contribution in [3.05, 3.63) is 122 Å². The van der Waals surface area contributed by atoms with Crippen molar-refractivity contribution in [3.8, 4) is 34.8 Å². The lowest BCUT2D eigenvalue weighted by Crippen LogP contribution is -2.22. The molecule has 1 heterocycles. The number of nitrogens with zero attached hydrogens (tertiary/aromatic N) is 1. The van der Waals surface area contributed by atoms with E-state index in [1.807, 2.05) is 51.1 Å². The lowest BCUT2D eigenvalue weighted by Gasteiger charge is -2.27. The monoisotopic (exact) mass is 644 g/mol. The number of ether oxygens (including phenoxy) is 5. The molecule has 0 saturated heterocycles. The molecule has 0 spiro atoms. The average Bonchev–Trinajstić information content (AvgIpc) is 3.02. The number of aryl methyl sites for hydroxylation is 2. The van der Waals surface area contributed by atoms with Crippen LogP contribution in [-0.4, -0.2) is 19.2 Å². The van der Waals surface area contributed by atoms with Gasteiger partial charge in [-0.1, -0.05) is 53.5 Å². The summed E-state index contributed by atoms with van der Waals surface area (Å²) in [7, 11) is 0. The molecular weight excluding hydrogens is 615 g/mol. The number of esters is 1. The Morgan fingerprint density at radius 3 is 2.40 bits per heavy atom. The third-order valence-corrected chi connectivity index (χ3v) is 8.10. The molecule has 1 atom stereocenters. The molecular formula is C35H30Cl2N2O6. The molecule has 0 amide bonds. The third-order valence-electron chi connectivity index (χ3n) is 7.13. The van der Waals surface area contributed by atoms with Crippen LogP contribution < -0.4 is 29.4 Å². The van der Waals surface area contributed by atoms with Gasteiger partial charge in [-0.15, -0.1) is 0 Å². The highest BCUT2D eigenvalue weighted by Crippen LogP contribution is 2.45. The van der Waals surface area contributed by atoms with Gasteiger partial charge in [-0.3, -0.25) is 0 Å². The number of nitrogens with two attached hydrogens (primary N) is 1. The predicted molar refractivity (Wildman–Crippen MR) is 171 cm³/mol. The summed E-state index contributed by atoms with van der Waals surface area (Å²) in [6.07, 6.45) is 0. The second-order valence-electron chi connectivity index (χ2n) is 10.3. The smallest absolute Gasteiger partial charge is 0.349 e. The minimum atomic E-state index is -0.609. The van der Waals surface area contributed by atoms with Crippen molar-refractivity contribution in [2.75, 3.05) is 13.2 Å². The van der Waals surface area contributed by atoms with Crippen LogP contribution in [0.25, 0.3) is 0 Å². The van der Waals surface area contributed by atoms with E-state index in [2.05, 4.69) is 6.07 Å². The molecule has 4 aromatic carbocycles. The zero-order valence-electron chi connectivity index (χ0n) is 24.9. The molecule has 5 rings (SSSR count). The van der Waals surface area contributed by atoms with E-state index >= 15 is 0 Å². The zero-order valence-corrected chi connectivity index (χ0v) is 26.4. The minimum absolute atomic E-state index is 0.0488. The van der Waals surface area contributed by atoms with Gasteiger partial charge in [0.1, 0.15) is 35.5 Å². The van der Waals surface area contributed by atoms with Crippen LogP contribution in [0.1, 0.15) is 40.7 Å². The Morgan fingerprint density at radius 1 is 0.933 bits per heavy atom. The topological polar surface area (TPSA) is 113 Å². The standard InChI is InChI=1S/C35H30Cl2N2O6/c1-4-41-31-15-22(9-12-29(31)43-18-23-7-5-6-8-28(23)36)33-26-11-10-24(16-30(26)45-35(39)27(33)17-38)44-32(40)19-42-25-13-20(2)34(37)21(3)14-25/h5-16,33H,4,18-19,39H2,1-3H3. The number of hydrogen-bond acceptors (Lipinski definition) is 8. The van der Waals surface area contributed by atoms with Gasteiger partial charge in [0.25, 0.3) is 0 Å². The zero-order chi connectivity index (χ0) is 32.1. The Kier molecular flexibility index (Phi) is 9.72. The first-order valence-electron chi connectivity index (χ1n) is 14.1. The van der Waals surface area contributed by atoms with Gasteiger partial charge in [0.15, 0.2) is 18.1 Å². The quantitative estimate of drug-likeness (QED) is 0.137. The van der Waals surface area contributed by atoms with Crippen LogP contribution in [0.15, 0.2) is 84.3 Å². The highest BCUT2D eigenvalue weighted by atomic mass is 35.5. The molecule has 10 heteroatoms. The minimum Gasteiger partial charge on any atom is -0.490 e. The predicted octanol–water partition coefficient (Wildman–Crippen LogP) is 7.79. The first-order chi connectivity index (χ1) is 21.7. The number of nitriles is 1. The first kappa shape index (κ1) is 31.6. The van der Waals surface area contributed by atoms with Crippen LogP contribution in [-0.2, 0) is 11.4 Å². The Hall–Kier alpha value is -4.84. The highest BCUT2D eigenvalue weighted by Gasteiger charge is 2.32. The molecule has 0 fully saturated rings. The second-order valence-corrected chi connectivity index (χ2v) is 11.1. The van der Waals surface area contributed by atoms with Crippen LogP contribution in [0.3, 0.4) is 0 Å². The maximum Gasteiger partial charge on any atom is 0.349 e. The van der Waals surface area contributed by atoms with E-state index in [9.17, 15) is 10.1 Å². The van der Waals surface area contributed by atoms with Crippen LogP contribution in [0, 0.1) is 25.2 Å². The summed E-state index contributed by atoms with van der Waals surface area (Å²) in [6, 6.07) is 23.5. The Labute approximate surface area is 271 Å². The van der Waals surface area contributed by atoms with Crippen molar-refractivity contribution >= 4 is 29.2 Å². The number of rotatable bonds is 10. The summed E-state index contributed by atoms with van der Waals surface area (Å²) in [5.41, 5.74) is 10.4. The highest BCUT2D eigenvalue weighted by molar-refractivity contribution is 6.32. The van der Waals surface area contributed by atoms with Crippen molar-refractivity contribution in [2.24, 2.45) is 5.73 Å². The van der Waals surface area contributed by atoms with E-state index in [1.54, 1.807) is 42.5 Å². The van der Waals surface area contributed by atoms with Crippen LogP contribution in [0.2, 0.25) is 10.0 Å². The molecule has 2 N–H and O–H groups in total. The largest absolute Gasteiger partial charge is 0.490 e. The normalized spacial score (nSPS) is 13.7. The molecule has 0 saturated carbocycles. The number of carbonyl (C=O) groups is 1. The van der Waals surface area contributed by atoms with Gasteiger partial charge in [0.05, 0.1) is 12.5 Å². The Morgan fingerprint density at radius 2 is 1.69 bits per heavy atom. The SMILES string of the molecule is CCOc1cc(C2C(C#N)=C(N)Oc3cc(OC(=O)COc4cc(C)c(Cl)c(C)c4)ccc32)ccc1OCc1ccccc1Cl. The van der Waals surface area contributed by atoms with Gasteiger partial charge in [0.2, 0.25) is 5.88 Å². The molecule has 0 aromatic heterocycles. The van der Waals surface area contributed by atoms with Gasteiger partial charge in [-0.05, 0) is 73.9 Å². The molecule has 8 nitrogen and oxygen atoms in total. The Balaban J connectivity index is 1.37. The fourth-order valence-corrected chi connectivity index (χ4v) is 5.30. The Bertz CT molecular complexity index is 1810. The van der Waals surface area contributed by atoms with Crippen molar-refractivity contribution in [1.82, 2.24) is 0 Å². The fourth-order valence-electron chi connectivity index (χ4n) is 5.00. The van der Waals surface area contributed by atoms with Crippen LogP contribution >= 0.6 is 23.2 Å². The van der Waals surface area contributed by atoms with Gasteiger partial charge in [-0.25, -0.2) is 4.79 Å². The van der Waals surface area contributed by atoms with Crippen LogP contribution in [0.5, 0.6) is 28.7 Å². The molecule has 230 valence electrons. The first-order valence-corrected chi connectivity index (χ1v) is 14.9. The van der Waals surface area contributed by atoms with Gasteiger partial charge >= 0.3 is 5.97 Å². The van der Waals surface area contributed by atoms with Crippen molar-refractivity contribution in [2.45, 2.75) is 33.3 Å². The number of halogens is 2. The molecule has 45 heavy (non-hydrogen) atoms. The van der Waals surface area contributed by atoms with Gasteiger partial charge in [0, 0.05) is 27.2 Å². The molecule has 4 aromatic rings. The molecule has 0 radical (unpaired) electrons. The molecule has 1 aliphatic rings. The number of hydrogen-bond donors (Lipinski definition) is 1. The van der Waals surface area contributed by atoms with E-state index in [4.69, 9.17) is 52.6 Å². The van der Waals surface area contributed by atoms with Crippen molar-refractivity contribution in [3.63, 3.8) is 0 Å². The molecule has 0 aliphatic carbocycles. The summed E-state index contributed by atoms with van der Waals surface area (Å²) in [6.45, 7) is 5.93. The number of carbonyl (C=O) groups excluding carboxylic acids is 1. The molecule has 0 bridgehead atoms. The summed E-state index contributed by atoms with van der Waals surface area (Å²) < 4.78 is 28.9. The summed E-state index contributed by atoms with van der Waals surface area (Å²) >= 11 is 12.5. The van der Waals surface area contributed by atoms with E-state index in [0.29, 0.717) is 45.2 Å². The van der Waals surface area contributed by atoms with Gasteiger partial charge < -0.3 is 29.4 Å². The summed E-state index contributed by atoms with van der Waals surface area (Å²) in [5.74, 6) is 0.894. The van der Waals surface area contributed by atoms with Crippen molar-refractivity contribution in [1.29, 1.82) is 5.26 Å². The van der Waals surface area contributed by atoms with E-state index in [-0.39, 0.29) is 30.4 Å².